The van der Waals surface area contributed by atoms with E-state index >= 15 is 0 Å². The van der Waals surface area contributed by atoms with Crippen molar-refractivity contribution < 1.29 is 29.4 Å². The second-order valence-electron chi connectivity index (χ2n) is 7.15. The third kappa shape index (κ3) is 9.92. The molecule has 0 saturated carbocycles. The maximum atomic E-state index is 12.4. The SMILES string of the molecule is CC(C)C[C@H](NC(=O)[C@H](CC(=O)O)NC(=O)C=Cc1ccc(N=C(N)N)cc1)C(=O)O. The molecule has 168 valence electrons. The number of carbonyl (C=O) groups is 4. The number of hydrogen-bond acceptors (Lipinski definition) is 5. The van der Waals surface area contributed by atoms with Crippen LogP contribution in [0.25, 0.3) is 6.08 Å². The van der Waals surface area contributed by atoms with Gasteiger partial charge in [-0.2, -0.15) is 0 Å². The van der Waals surface area contributed by atoms with Crippen LogP contribution in [0.3, 0.4) is 0 Å². The number of aliphatic imine (C=N–C) groups is 1. The van der Waals surface area contributed by atoms with Gasteiger partial charge in [0.15, 0.2) is 5.96 Å². The number of hydrogen-bond donors (Lipinski definition) is 6. The van der Waals surface area contributed by atoms with E-state index in [2.05, 4.69) is 15.6 Å². The number of guanidine groups is 1. The van der Waals surface area contributed by atoms with Crippen LogP contribution in [0.2, 0.25) is 0 Å². The van der Waals surface area contributed by atoms with Crippen LogP contribution in [0.5, 0.6) is 0 Å². The minimum atomic E-state index is -1.44. The molecule has 11 nitrogen and oxygen atoms in total. The van der Waals surface area contributed by atoms with Gasteiger partial charge in [-0.15, -0.1) is 0 Å². The van der Waals surface area contributed by atoms with E-state index in [1.807, 2.05) is 0 Å². The van der Waals surface area contributed by atoms with Crippen molar-refractivity contribution in [1.82, 2.24) is 10.6 Å². The molecule has 0 aliphatic rings. The lowest BCUT2D eigenvalue weighted by Crippen LogP contribution is -2.52. The number of carbonyl (C=O) groups excluding carboxylic acids is 2. The first-order valence-corrected chi connectivity index (χ1v) is 9.41. The number of benzene rings is 1. The van der Waals surface area contributed by atoms with Crippen LogP contribution in [0.4, 0.5) is 5.69 Å². The lowest BCUT2D eigenvalue weighted by atomic mass is 10.0. The van der Waals surface area contributed by atoms with E-state index in [-0.39, 0.29) is 18.3 Å². The molecule has 8 N–H and O–H groups in total. The molecule has 31 heavy (non-hydrogen) atoms. The number of carboxylic acid groups (broad SMARTS) is 2. The smallest absolute Gasteiger partial charge is 0.326 e. The summed E-state index contributed by atoms with van der Waals surface area (Å²) in [5.41, 5.74) is 11.7. The van der Waals surface area contributed by atoms with Crippen LogP contribution in [0, 0.1) is 5.92 Å². The van der Waals surface area contributed by atoms with Crippen LogP contribution < -0.4 is 22.1 Å². The van der Waals surface area contributed by atoms with Crippen molar-refractivity contribution in [2.45, 2.75) is 38.8 Å². The Bertz CT molecular complexity index is 859. The summed E-state index contributed by atoms with van der Waals surface area (Å²) >= 11 is 0. The summed E-state index contributed by atoms with van der Waals surface area (Å²) in [6, 6.07) is 3.91. The molecule has 0 saturated heterocycles. The number of amides is 2. The Kier molecular flexibility index (Phi) is 9.70. The Morgan fingerprint density at radius 2 is 1.65 bits per heavy atom. The van der Waals surface area contributed by atoms with Gasteiger partial charge in [0.05, 0.1) is 12.1 Å². The second kappa shape index (κ2) is 12.0. The molecule has 0 aliphatic carbocycles. The van der Waals surface area contributed by atoms with E-state index in [9.17, 15) is 24.3 Å². The summed E-state index contributed by atoms with van der Waals surface area (Å²) in [7, 11) is 0. The van der Waals surface area contributed by atoms with Gasteiger partial charge in [0.1, 0.15) is 12.1 Å². The molecular weight excluding hydrogens is 406 g/mol. The number of nitrogens with zero attached hydrogens (tertiary/aromatic N) is 1. The number of nitrogens with one attached hydrogen (secondary N) is 2. The minimum absolute atomic E-state index is 0.0183. The molecule has 0 fully saturated rings. The first-order chi connectivity index (χ1) is 14.5. The second-order valence-corrected chi connectivity index (χ2v) is 7.15. The lowest BCUT2D eigenvalue weighted by Gasteiger charge is -2.21. The number of aliphatic carboxylic acids is 2. The van der Waals surface area contributed by atoms with E-state index in [1.54, 1.807) is 38.1 Å². The maximum absolute atomic E-state index is 12.4. The molecule has 0 heterocycles. The van der Waals surface area contributed by atoms with Crippen molar-refractivity contribution in [3.8, 4) is 0 Å². The highest BCUT2D eigenvalue weighted by molar-refractivity contribution is 5.97. The molecule has 11 heteroatoms. The first-order valence-electron chi connectivity index (χ1n) is 9.41. The van der Waals surface area contributed by atoms with Crippen molar-refractivity contribution in [2.24, 2.45) is 22.4 Å². The molecule has 2 atom stereocenters. The average Bonchev–Trinajstić information content (AvgIpc) is 2.65. The summed E-state index contributed by atoms with van der Waals surface area (Å²) in [5.74, 6) is -4.29. The highest BCUT2D eigenvalue weighted by Crippen LogP contribution is 2.13. The largest absolute Gasteiger partial charge is 0.481 e. The Morgan fingerprint density at radius 1 is 1.03 bits per heavy atom. The van der Waals surface area contributed by atoms with Gasteiger partial charge in [-0.3, -0.25) is 14.4 Å². The van der Waals surface area contributed by atoms with Crippen molar-refractivity contribution in [2.75, 3.05) is 0 Å². The monoisotopic (exact) mass is 433 g/mol. The van der Waals surface area contributed by atoms with Crippen LogP contribution in [0.1, 0.15) is 32.3 Å². The standard InChI is InChI=1S/C20H27N5O6/c1-11(2)9-15(19(30)31)25-18(29)14(10-17(27)28)24-16(26)8-5-12-3-6-13(7-4-12)23-20(21)22/h3-8,11,14-15H,9-10H2,1-2H3,(H,24,26)(H,25,29)(H,27,28)(H,30,31)(H4,21,22,23)/t14-,15-/m0/s1. The summed E-state index contributed by atoms with van der Waals surface area (Å²) in [5, 5.41) is 22.8. The third-order valence-corrected chi connectivity index (χ3v) is 3.91. The molecule has 0 unspecified atom stereocenters. The summed E-state index contributed by atoms with van der Waals surface area (Å²) in [6.07, 6.45) is 2.03. The Balaban J connectivity index is 2.83. The van der Waals surface area contributed by atoms with E-state index in [4.69, 9.17) is 16.6 Å². The first kappa shape index (κ1) is 25.1. The average molecular weight is 433 g/mol. The number of carboxylic acids is 2. The summed E-state index contributed by atoms with van der Waals surface area (Å²) in [4.78, 5) is 50.9. The molecule has 1 aromatic carbocycles. The van der Waals surface area contributed by atoms with E-state index in [1.165, 1.54) is 6.08 Å². The highest BCUT2D eigenvalue weighted by Gasteiger charge is 2.28. The Morgan fingerprint density at radius 3 is 2.13 bits per heavy atom. The molecule has 0 radical (unpaired) electrons. The van der Waals surface area contributed by atoms with Gasteiger partial charge in [0, 0.05) is 6.08 Å². The van der Waals surface area contributed by atoms with Gasteiger partial charge >= 0.3 is 11.9 Å². The molecule has 0 spiro atoms. The van der Waals surface area contributed by atoms with Crippen LogP contribution in [0.15, 0.2) is 35.3 Å². The summed E-state index contributed by atoms with van der Waals surface area (Å²) in [6.45, 7) is 3.57. The molecule has 2 amide bonds. The Hall–Kier alpha value is -3.89. The number of rotatable bonds is 11. The predicted molar refractivity (Wildman–Crippen MR) is 114 cm³/mol. The van der Waals surface area contributed by atoms with Crippen LogP contribution >= 0.6 is 0 Å². The summed E-state index contributed by atoms with van der Waals surface area (Å²) < 4.78 is 0. The zero-order valence-electron chi connectivity index (χ0n) is 17.2. The van der Waals surface area contributed by atoms with Crippen molar-refractivity contribution >= 4 is 41.5 Å². The van der Waals surface area contributed by atoms with Crippen molar-refractivity contribution in [1.29, 1.82) is 0 Å². The van der Waals surface area contributed by atoms with Crippen LogP contribution in [-0.2, 0) is 19.2 Å². The van der Waals surface area contributed by atoms with Gasteiger partial charge in [-0.05, 0) is 36.1 Å². The fraction of sp³-hybridized carbons (Fsp3) is 0.350. The minimum Gasteiger partial charge on any atom is -0.481 e. The topological polar surface area (TPSA) is 197 Å². The number of nitrogens with two attached hydrogens (primary N) is 2. The zero-order chi connectivity index (χ0) is 23.6. The molecular formula is C20H27N5O6. The van der Waals surface area contributed by atoms with Gasteiger partial charge in [0.25, 0.3) is 0 Å². The van der Waals surface area contributed by atoms with Crippen molar-refractivity contribution in [3.05, 3.63) is 35.9 Å². The maximum Gasteiger partial charge on any atom is 0.326 e. The Labute approximate surface area is 179 Å². The van der Waals surface area contributed by atoms with Gasteiger partial charge in [-0.1, -0.05) is 26.0 Å². The molecule has 1 aromatic rings. The normalized spacial score (nSPS) is 12.7. The molecule has 0 aliphatic heterocycles. The quantitative estimate of drug-likeness (QED) is 0.161. The predicted octanol–water partition coefficient (Wildman–Crippen LogP) is 0.180. The van der Waals surface area contributed by atoms with Gasteiger partial charge in [0.2, 0.25) is 11.8 Å². The zero-order valence-corrected chi connectivity index (χ0v) is 17.2. The van der Waals surface area contributed by atoms with E-state index < -0.39 is 42.3 Å². The van der Waals surface area contributed by atoms with E-state index in [0.29, 0.717) is 11.3 Å². The van der Waals surface area contributed by atoms with Gasteiger partial charge < -0.3 is 32.3 Å². The van der Waals surface area contributed by atoms with Crippen LogP contribution in [-0.4, -0.2) is 52.0 Å². The van der Waals surface area contributed by atoms with Gasteiger partial charge in [-0.25, -0.2) is 9.79 Å². The third-order valence-electron chi connectivity index (χ3n) is 3.91. The van der Waals surface area contributed by atoms with Crippen molar-refractivity contribution in [3.63, 3.8) is 0 Å². The molecule has 0 bridgehead atoms. The van der Waals surface area contributed by atoms with E-state index in [0.717, 1.165) is 6.08 Å². The molecule has 1 rings (SSSR count). The fourth-order valence-corrected chi connectivity index (χ4v) is 2.55. The molecule has 0 aromatic heterocycles. The highest BCUT2D eigenvalue weighted by atomic mass is 16.4. The lowest BCUT2D eigenvalue weighted by molar-refractivity contribution is -0.143. The fourth-order valence-electron chi connectivity index (χ4n) is 2.55.